The summed E-state index contributed by atoms with van der Waals surface area (Å²) >= 11 is 0. The van der Waals surface area contributed by atoms with Crippen molar-refractivity contribution in [3.05, 3.63) is 83.9 Å². The third-order valence-electron chi connectivity index (χ3n) is 8.91. The summed E-state index contributed by atoms with van der Waals surface area (Å²) in [4.78, 5) is 31.2. The molecule has 0 aliphatic carbocycles. The first-order valence-electron chi connectivity index (χ1n) is 14.7. The number of carbonyl (C=O) groups is 2. The number of alkyl halides is 3. The summed E-state index contributed by atoms with van der Waals surface area (Å²) in [6.45, 7) is 2.50. The van der Waals surface area contributed by atoms with E-state index in [-0.39, 0.29) is 23.0 Å². The highest BCUT2D eigenvalue weighted by atomic mass is 19.4. The van der Waals surface area contributed by atoms with Crippen molar-refractivity contribution in [1.82, 2.24) is 10.2 Å². The summed E-state index contributed by atoms with van der Waals surface area (Å²) in [5.74, 6) is -1.10. The maximum atomic E-state index is 12.6. The average molecular weight is 607 g/mol. The van der Waals surface area contributed by atoms with Crippen LogP contribution in [-0.2, 0) is 20.4 Å². The van der Waals surface area contributed by atoms with Gasteiger partial charge in [0.05, 0.1) is 11.1 Å². The van der Waals surface area contributed by atoms with Crippen molar-refractivity contribution in [3.8, 4) is 11.5 Å². The minimum atomic E-state index is -4.86. The molecule has 2 fully saturated rings. The summed E-state index contributed by atoms with van der Waals surface area (Å²) in [7, 11) is 0. The first-order chi connectivity index (χ1) is 21.2. The maximum Gasteiger partial charge on any atom is 0.573 e. The van der Waals surface area contributed by atoms with Crippen LogP contribution in [0.2, 0.25) is 0 Å². The molecule has 2 amide bonds. The van der Waals surface area contributed by atoms with Gasteiger partial charge in [-0.3, -0.25) is 14.6 Å². The molecule has 7 rings (SSSR count). The Morgan fingerprint density at radius 3 is 2.23 bits per heavy atom. The van der Waals surface area contributed by atoms with Crippen molar-refractivity contribution in [3.63, 3.8) is 0 Å². The first kappa shape index (κ1) is 29.7. The molecule has 2 N–H and O–H groups in total. The van der Waals surface area contributed by atoms with Gasteiger partial charge in [0, 0.05) is 30.4 Å². The number of benzene rings is 3. The molecular weight excluding hydrogens is 573 g/mol. The molecule has 230 valence electrons. The zero-order valence-electron chi connectivity index (χ0n) is 24.0. The Hall–Kier alpha value is -4.38. The number of nitrogens with one attached hydrogen (secondary N) is 2. The van der Waals surface area contributed by atoms with Gasteiger partial charge in [0.1, 0.15) is 0 Å². The van der Waals surface area contributed by atoms with Gasteiger partial charge in [0.25, 0.3) is 5.91 Å². The van der Waals surface area contributed by atoms with Crippen LogP contribution in [0.15, 0.2) is 77.8 Å². The van der Waals surface area contributed by atoms with Crippen LogP contribution in [0.1, 0.15) is 36.8 Å². The first-order valence-corrected chi connectivity index (χ1v) is 14.7. The normalized spacial score (nSPS) is 19.1. The van der Waals surface area contributed by atoms with Crippen molar-refractivity contribution >= 4 is 29.4 Å². The molecule has 0 bridgehead atoms. The van der Waals surface area contributed by atoms with E-state index in [1.54, 1.807) is 4.90 Å². The molecule has 11 heteroatoms. The molecule has 2 spiro atoms. The number of fused-ring (bicyclic) bond motifs is 4. The molecule has 44 heavy (non-hydrogen) atoms. The standard InChI is InChI=1S/C21H19F3N2O4.C12H14N2/c22-21(23,24)30-17-8-4-3-7-16(17)29-13-18(27)26-11-9-20(10-12-26)14-5-1-2-6-15(14)25-19(20)28;1-2-4-11-10(3-1)12(9-14-11)5-7-13-8-6-12/h1-8H,9-13H2,(H,25,28);1-4,9,13H,5-8H2. The summed E-state index contributed by atoms with van der Waals surface area (Å²) in [5, 5.41) is 6.31. The van der Waals surface area contributed by atoms with Crippen LogP contribution in [0.25, 0.3) is 0 Å². The van der Waals surface area contributed by atoms with E-state index in [0.717, 1.165) is 30.4 Å². The molecule has 0 atom stereocenters. The third-order valence-corrected chi connectivity index (χ3v) is 8.91. The molecule has 2 saturated heterocycles. The van der Waals surface area contributed by atoms with Gasteiger partial charge in [-0.05, 0) is 74.2 Å². The van der Waals surface area contributed by atoms with Crippen molar-refractivity contribution in [2.45, 2.75) is 42.9 Å². The summed E-state index contributed by atoms with van der Waals surface area (Å²) in [6.07, 6.45) is 0.618. The lowest BCUT2D eigenvalue weighted by Crippen LogP contribution is -2.49. The lowest BCUT2D eigenvalue weighted by molar-refractivity contribution is -0.275. The van der Waals surface area contributed by atoms with E-state index in [4.69, 9.17) is 4.74 Å². The summed E-state index contributed by atoms with van der Waals surface area (Å²) in [5.41, 5.74) is 3.95. The molecule has 0 unspecified atom stereocenters. The van der Waals surface area contributed by atoms with E-state index in [1.807, 2.05) is 24.3 Å². The van der Waals surface area contributed by atoms with Crippen LogP contribution in [0, 0.1) is 0 Å². The fraction of sp³-hybridized carbons (Fsp3) is 0.364. The number of aliphatic imine (C=N–C) groups is 1. The summed E-state index contributed by atoms with van der Waals surface area (Å²) < 4.78 is 46.7. The highest BCUT2D eigenvalue weighted by Crippen LogP contribution is 2.45. The van der Waals surface area contributed by atoms with Crippen LogP contribution in [0.3, 0.4) is 0 Å². The Labute approximate surface area is 253 Å². The number of hydrogen-bond acceptors (Lipinski definition) is 6. The van der Waals surface area contributed by atoms with Crippen LogP contribution in [0.5, 0.6) is 11.5 Å². The van der Waals surface area contributed by atoms with E-state index in [0.29, 0.717) is 25.9 Å². The number of hydrogen-bond donors (Lipinski definition) is 2. The van der Waals surface area contributed by atoms with Gasteiger partial charge in [-0.15, -0.1) is 13.2 Å². The molecule has 0 saturated carbocycles. The van der Waals surface area contributed by atoms with Crippen LogP contribution in [-0.4, -0.2) is 62.1 Å². The molecule has 0 aromatic heterocycles. The van der Waals surface area contributed by atoms with E-state index in [1.165, 1.54) is 42.3 Å². The average Bonchev–Trinajstić information content (AvgIpc) is 3.51. The third kappa shape index (κ3) is 5.88. The zero-order valence-corrected chi connectivity index (χ0v) is 24.0. The number of ether oxygens (including phenoxy) is 2. The number of halogens is 3. The molecule has 0 radical (unpaired) electrons. The van der Waals surface area contributed by atoms with Gasteiger partial charge in [-0.1, -0.05) is 48.5 Å². The fourth-order valence-corrected chi connectivity index (χ4v) is 6.56. The Morgan fingerprint density at radius 2 is 1.50 bits per heavy atom. The monoisotopic (exact) mass is 606 g/mol. The van der Waals surface area contributed by atoms with Gasteiger partial charge in [0.2, 0.25) is 5.91 Å². The molecule has 3 aromatic carbocycles. The van der Waals surface area contributed by atoms with E-state index < -0.39 is 24.1 Å². The zero-order chi connectivity index (χ0) is 30.8. The molecule has 4 aliphatic heterocycles. The van der Waals surface area contributed by atoms with Gasteiger partial charge < -0.3 is 25.0 Å². The Balaban J connectivity index is 0.000000202. The van der Waals surface area contributed by atoms with Gasteiger partial charge in [0.15, 0.2) is 18.1 Å². The lowest BCUT2D eigenvalue weighted by Gasteiger charge is -2.38. The van der Waals surface area contributed by atoms with E-state index in [9.17, 15) is 22.8 Å². The van der Waals surface area contributed by atoms with Crippen LogP contribution < -0.4 is 20.1 Å². The highest BCUT2D eigenvalue weighted by Gasteiger charge is 2.48. The number of likely N-dealkylation sites (tertiary alicyclic amines) is 1. The van der Waals surface area contributed by atoms with Crippen LogP contribution >= 0.6 is 0 Å². The van der Waals surface area contributed by atoms with Gasteiger partial charge >= 0.3 is 6.36 Å². The van der Waals surface area contributed by atoms with E-state index >= 15 is 0 Å². The molecular formula is C33H33F3N4O4. The van der Waals surface area contributed by atoms with Crippen molar-refractivity contribution in [1.29, 1.82) is 0 Å². The van der Waals surface area contributed by atoms with Crippen molar-refractivity contribution in [2.75, 3.05) is 38.1 Å². The smallest absolute Gasteiger partial charge is 0.480 e. The second-order valence-electron chi connectivity index (χ2n) is 11.4. The van der Waals surface area contributed by atoms with E-state index in [2.05, 4.69) is 50.8 Å². The van der Waals surface area contributed by atoms with Gasteiger partial charge in [-0.2, -0.15) is 0 Å². The topological polar surface area (TPSA) is 92.3 Å². The Morgan fingerprint density at radius 1 is 0.864 bits per heavy atom. The summed E-state index contributed by atoms with van der Waals surface area (Å²) in [6, 6.07) is 21.3. The van der Waals surface area contributed by atoms with Gasteiger partial charge in [-0.25, -0.2) is 0 Å². The van der Waals surface area contributed by atoms with Crippen molar-refractivity contribution in [2.24, 2.45) is 4.99 Å². The number of rotatable bonds is 4. The Kier molecular flexibility index (Phi) is 8.06. The fourth-order valence-electron chi connectivity index (χ4n) is 6.56. The number of para-hydroxylation sites is 4. The largest absolute Gasteiger partial charge is 0.573 e. The molecule has 3 aromatic rings. The number of carbonyl (C=O) groups excluding carboxylic acids is 2. The number of amides is 2. The molecule has 4 heterocycles. The highest BCUT2D eigenvalue weighted by molar-refractivity contribution is 6.06. The van der Waals surface area contributed by atoms with Crippen LogP contribution in [0.4, 0.5) is 24.5 Å². The minimum absolute atomic E-state index is 0.0646. The molecule has 4 aliphatic rings. The maximum absolute atomic E-state index is 12.6. The quantitative estimate of drug-likeness (QED) is 0.409. The SMILES string of the molecule is C1=Nc2ccccc2C12CCNCC2.O=C(COc1ccccc1OC(F)(F)F)N1CCC2(CC1)C(=O)Nc1ccccc12. The predicted molar refractivity (Wildman–Crippen MR) is 160 cm³/mol. The second kappa shape index (κ2) is 12.0. The lowest BCUT2D eigenvalue weighted by atomic mass is 9.73. The predicted octanol–water partition coefficient (Wildman–Crippen LogP) is 5.50. The number of piperidine rings is 2. The Bertz CT molecular complexity index is 1560. The second-order valence-corrected chi connectivity index (χ2v) is 11.4. The van der Waals surface area contributed by atoms with Crippen molar-refractivity contribution < 1.29 is 32.2 Å². The number of nitrogens with zero attached hydrogens (tertiary/aromatic N) is 2. The number of anilines is 1. The molecule has 8 nitrogen and oxygen atoms in total. The minimum Gasteiger partial charge on any atom is -0.480 e.